The number of fused-ring (bicyclic) bond motifs is 6. The van der Waals surface area contributed by atoms with Gasteiger partial charge in [0.1, 0.15) is 0 Å². The number of rotatable bonds is 8. The zero-order valence-corrected chi connectivity index (χ0v) is 65.7. The molecule has 0 aliphatic heterocycles. The molecular weight excluding hydrogens is 1440 g/mol. The van der Waals surface area contributed by atoms with Gasteiger partial charge >= 0.3 is 0 Å². The van der Waals surface area contributed by atoms with Crippen molar-refractivity contribution in [3.05, 3.63) is 449 Å². The summed E-state index contributed by atoms with van der Waals surface area (Å²) in [5.41, 5.74) is 20.3. The second kappa shape index (κ2) is 28.1. The van der Waals surface area contributed by atoms with Crippen molar-refractivity contribution >= 4 is 162 Å². The fourth-order valence-electron chi connectivity index (χ4n) is 20.1. The highest BCUT2D eigenvalue weighted by molar-refractivity contribution is 6.33. The molecule has 0 nitrogen and oxygen atoms in total. The van der Waals surface area contributed by atoms with Gasteiger partial charge in [0.25, 0.3) is 0 Å². The fourth-order valence-corrected chi connectivity index (χ4v) is 20.1. The van der Waals surface area contributed by atoms with E-state index in [-0.39, 0.29) is 0 Å². The van der Waals surface area contributed by atoms with Gasteiger partial charge in [0.15, 0.2) is 0 Å². The van der Waals surface area contributed by atoms with Crippen molar-refractivity contribution in [2.75, 3.05) is 0 Å². The van der Waals surface area contributed by atoms with E-state index in [2.05, 4.69) is 449 Å². The van der Waals surface area contributed by atoms with Crippen LogP contribution in [0.4, 0.5) is 0 Å². The smallest absolute Gasteiger partial charge is 0.00141 e. The van der Waals surface area contributed by atoms with Crippen LogP contribution in [-0.2, 0) is 0 Å². The molecule has 26 rings (SSSR count). The Morgan fingerprint density at radius 1 is 0.0833 bits per heavy atom. The Morgan fingerprint density at radius 3 is 0.700 bits per heavy atom. The van der Waals surface area contributed by atoms with Crippen LogP contribution in [0.25, 0.3) is 251 Å². The Hall–Kier alpha value is -15.6. The minimum Gasteiger partial charge on any atom is -0.0622 e. The highest BCUT2D eigenvalue weighted by Crippen LogP contribution is 2.51. The predicted octanol–water partition coefficient (Wildman–Crippen LogP) is 34.0. The molecule has 554 valence electrons. The second-order valence-corrected chi connectivity index (χ2v) is 32.3. The van der Waals surface area contributed by atoms with Crippen molar-refractivity contribution in [2.45, 2.75) is 0 Å². The van der Waals surface area contributed by atoms with Crippen LogP contribution < -0.4 is 0 Å². The molecule has 0 amide bonds. The van der Waals surface area contributed by atoms with Gasteiger partial charge in [0.2, 0.25) is 0 Å². The van der Waals surface area contributed by atoms with E-state index in [0.717, 1.165) is 0 Å². The van der Waals surface area contributed by atoms with Crippen molar-refractivity contribution in [3.63, 3.8) is 0 Å². The normalized spacial score (nSPS) is 11.8. The minimum absolute atomic E-state index is 1.24. The van der Waals surface area contributed by atoms with E-state index in [9.17, 15) is 0 Å². The summed E-state index contributed by atoms with van der Waals surface area (Å²) in [5.74, 6) is 0. The molecule has 0 saturated carbocycles. The first-order valence-corrected chi connectivity index (χ1v) is 41.7. The van der Waals surface area contributed by atoms with Gasteiger partial charge in [-0.15, -0.1) is 0 Å². The van der Waals surface area contributed by atoms with E-state index in [0.29, 0.717) is 0 Å². The van der Waals surface area contributed by atoms with Crippen molar-refractivity contribution in [1.82, 2.24) is 0 Å². The lowest BCUT2D eigenvalue weighted by Crippen LogP contribution is -1.93. The van der Waals surface area contributed by atoms with E-state index in [1.54, 1.807) is 0 Å². The molecule has 0 fully saturated rings. The predicted molar refractivity (Wildman–Crippen MR) is 519 cm³/mol. The maximum Gasteiger partial charge on any atom is -0.00141 e. The Kier molecular flexibility index (Phi) is 16.1. The van der Waals surface area contributed by atoms with E-state index in [4.69, 9.17) is 0 Å². The van der Waals surface area contributed by atoms with Crippen molar-refractivity contribution in [2.24, 2.45) is 0 Å². The van der Waals surface area contributed by atoms with Crippen LogP contribution in [0.3, 0.4) is 0 Å². The SMILES string of the molecule is c1ccc(-c2ccc3ccc4c(-c5ccccc5)cc(-c5ccc6ccccc6c5)c5ccc2c3c45)cc1.c1ccc2cc(-c3ccc4ccc5c(-c6cccc7ccccc67)cc(-c6ccc7ccccc7c6)c6ccc3c4c65)ccc2c1.c1ccc2cc(-c3ccc4ccc5c(-c6cccc7ccccc67)ccc6ccc3c4c65)ccc2c1. The van der Waals surface area contributed by atoms with Crippen molar-refractivity contribution in [1.29, 1.82) is 0 Å². The number of hydrogen-bond acceptors (Lipinski definition) is 0. The van der Waals surface area contributed by atoms with Crippen LogP contribution in [0.2, 0.25) is 0 Å². The van der Waals surface area contributed by atoms with Gasteiger partial charge in [0, 0.05) is 0 Å². The average molecular weight is 1520 g/mol. The lowest BCUT2D eigenvalue weighted by Gasteiger charge is -2.20. The molecular formula is C120H74. The quantitative estimate of drug-likeness (QED) is 0.133. The largest absolute Gasteiger partial charge is 0.0622 e. The zero-order valence-electron chi connectivity index (χ0n) is 65.7. The standard InChI is InChI=1S/C46H28.C38H24.C36H22/c1-3-11-33-26-35(18-16-29(33)8-1)38-22-20-32-21-23-42-44(39-15-7-13-31-10-5-6-14-37(31)39)28-43(41-25-24-40(38)45(32)46(41)42)36-19-17-30-9-2-4-12-34(30)27-36;1-3-10-26(11-4-1)31-19-17-28-18-20-33-35(27-12-5-2-6-13-27)24-36(34-22-21-32(31)37(28)38(33)34)30-16-15-25-9-7-8-14-29(25)23-30;1-2-8-27-22-28(13-12-23(27)6-1)30-18-14-25-17-21-34-32(19-15-26-16-20-33(30)35(25)36(26)34)31-11-5-9-24-7-3-4-10-29(24)31/h1-28H;1-24H;1-22H. The van der Waals surface area contributed by atoms with Crippen molar-refractivity contribution in [3.8, 4) is 89.0 Å². The maximum absolute atomic E-state index is 2.44. The Balaban J connectivity index is 0.000000103. The maximum atomic E-state index is 2.44. The molecule has 0 bridgehead atoms. The number of benzene rings is 26. The molecule has 26 aromatic carbocycles. The average Bonchev–Trinajstić information content (AvgIpc) is 0.719. The topological polar surface area (TPSA) is 0 Å². The van der Waals surface area contributed by atoms with Crippen LogP contribution >= 0.6 is 0 Å². The first-order chi connectivity index (χ1) is 59.5. The highest BCUT2D eigenvalue weighted by Gasteiger charge is 2.24. The van der Waals surface area contributed by atoms with Gasteiger partial charge in [0.05, 0.1) is 0 Å². The van der Waals surface area contributed by atoms with Gasteiger partial charge in [-0.3, -0.25) is 0 Å². The van der Waals surface area contributed by atoms with Gasteiger partial charge in [-0.25, -0.2) is 0 Å². The Bertz CT molecular complexity index is 8570. The molecule has 0 aliphatic carbocycles. The van der Waals surface area contributed by atoms with Crippen LogP contribution in [0.5, 0.6) is 0 Å². The molecule has 0 N–H and O–H groups in total. The summed E-state index contributed by atoms with van der Waals surface area (Å²) in [4.78, 5) is 0. The molecule has 0 unspecified atom stereocenters. The molecule has 120 heavy (non-hydrogen) atoms. The molecule has 0 aromatic heterocycles. The van der Waals surface area contributed by atoms with E-state index in [1.165, 1.54) is 251 Å². The highest BCUT2D eigenvalue weighted by atomic mass is 14.3. The molecule has 26 aromatic rings. The van der Waals surface area contributed by atoms with Gasteiger partial charge in [-0.1, -0.05) is 413 Å². The molecule has 0 heterocycles. The third kappa shape index (κ3) is 11.4. The summed E-state index contributed by atoms with van der Waals surface area (Å²) in [6.45, 7) is 0. The van der Waals surface area contributed by atoms with Crippen LogP contribution in [-0.4, -0.2) is 0 Å². The first-order valence-electron chi connectivity index (χ1n) is 41.7. The van der Waals surface area contributed by atoms with Crippen LogP contribution in [0, 0.1) is 0 Å². The molecule has 0 heteroatoms. The second-order valence-electron chi connectivity index (χ2n) is 32.3. The summed E-state index contributed by atoms with van der Waals surface area (Å²) < 4.78 is 0. The molecule has 0 aliphatic rings. The summed E-state index contributed by atoms with van der Waals surface area (Å²) in [6, 6.07) is 165. The first kappa shape index (κ1) is 68.8. The monoisotopic (exact) mass is 1510 g/mol. The summed E-state index contributed by atoms with van der Waals surface area (Å²) in [7, 11) is 0. The zero-order chi connectivity index (χ0) is 78.9. The minimum atomic E-state index is 1.24. The summed E-state index contributed by atoms with van der Waals surface area (Å²) >= 11 is 0. The number of hydrogen-bond donors (Lipinski definition) is 0. The summed E-state index contributed by atoms with van der Waals surface area (Å²) in [5, 5.41) is 38.9. The van der Waals surface area contributed by atoms with E-state index in [1.807, 2.05) is 0 Å². The van der Waals surface area contributed by atoms with Crippen LogP contribution in [0.1, 0.15) is 0 Å². The van der Waals surface area contributed by atoms with Gasteiger partial charge in [-0.05, 0) is 287 Å². The van der Waals surface area contributed by atoms with Gasteiger partial charge in [-0.2, -0.15) is 0 Å². The fraction of sp³-hybridized carbons (Fsp3) is 0. The Morgan fingerprint density at radius 2 is 0.308 bits per heavy atom. The summed E-state index contributed by atoms with van der Waals surface area (Å²) in [6.07, 6.45) is 0. The molecule has 0 atom stereocenters. The Labute approximate surface area is 694 Å². The van der Waals surface area contributed by atoms with Gasteiger partial charge < -0.3 is 0 Å². The molecule has 0 saturated heterocycles. The van der Waals surface area contributed by atoms with Crippen molar-refractivity contribution < 1.29 is 0 Å². The van der Waals surface area contributed by atoms with Crippen LogP contribution in [0.15, 0.2) is 449 Å². The van der Waals surface area contributed by atoms with E-state index >= 15 is 0 Å². The molecule has 0 radical (unpaired) electrons. The third-order valence-corrected chi connectivity index (χ3v) is 25.8. The lowest BCUT2D eigenvalue weighted by molar-refractivity contribution is 1.64. The third-order valence-electron chi connectivity index (χ3n) is 25.8. The molecule has 0 spiro atoms. The van der Waals surface area contributed by atoms with E-state index < -0.39 is 0 Å². The lowest BCUT2D eigenvalue weighted by atomic mass is 9.83.